The maximum atomic E-state index is 15.5. The lowest BCUT2D eigenvalue weighted by molar-refractivity contribution is 0.624. The van der Waals surface area contributed by atoms with Crippen LogP contribution in [-0.4, -0.2) is 0 Å². The number of thiophene rings is 6. The predicted molar refractivity (Wildman–Crippen MR) is 195 cm³/mol. The lowest BCUT2D eigenvalue weighted by Gasteiger charge is -1.99. The Hall–Kier alpha value is -3.64. The summed E-state index contributed by atoms with van der Waals surface area (Å²) < 4.78 is 62.4. The highest BCUT2D eigenvalue weighted by atomic mass is 32.1. The summed E-state index contributed by atoms with van der Waals surface area (Å²) in [6.45, 7) is 0. The Morgan fingerprint density at radius 3 is 1.00 bits per heavy atom. The van der Waals surface area contributed by atoms with E-state index in [4.69, 9.17) is 0 Å². The van der Waals surface area contributed by atoms with Crippen LogP contribution in [0, 0.1) is 21.9 Å². The first-order valence-electron chi connectivity index (χ1n) is 14.0. The van der Waals surface area contributed by atoms with Gasteiger partial charge in [0.1, 0.15) is 11.6 Å². The molecule has 6 aromatic heterocycles. The van der Waals surface area contributed by atoms with Crippen molar-refractivity contribution in [2.24, 2.45) is 0 Å². The van der Waals surface area contributed by atoms with Crippen LogP contribution in [-0.2, 0) is 0 Å². The van der Waals surface area contributed by atoms with Crippen molar-refractivity contribution in [3.8, 4) is 29.3 Å². The molecule has 0 atom stereocenters. The van der Waals surface area contributed by atoms with Crippen molar-refractivity contribution >= 4 is 130 Å². The third-order valence-corrected chi connectivity index (χ3v) is 15.0. The molecule has 0 nitrogen and oxygen atoms in total. The zero-order chi connectivity index (χ0) is 30.8. The Morgan fingerprint density at radius 2 is 0.609 bits per heavy atom. The van der Waals surface area contributed by atoms with Crippen LogP contribution in [0.5, 0.6) is 0 Å². The maximum absolute atomic E-state index is 15.5. The number of hydrogen-bond acceptors (Lipinski definition) is 6. The molecule has 10 heteroatoms. The summed E-state index contributed by atoms with van der Waals surface area (Å²) in [4.78, 5) is 3.95. The molecule has 222 valence electrons. The van der Waals surface area contributed by atoms with Crippen molar-refractivity contribution in [2.75, 3.05) is 0 Å². The van der Waals surface area contributed by atoms with E-state index in [1.807, 2.05) is 36.4 Å². The van der Waals surface area contributed by atoms with Gasteiger partial charge in [0.2, 0.25) is 0 Å². The zero-order valence-electron chi connectivity index (χ0n) is 23.0. The second kappa shape index (κ2) is 9.93. The smallest absolute Gasteiger partial charge is 0.177 e. The largest absolute Gasteiger partial charge is 0.205 e. The van der Waals surface area contributed by atoms with Gasteiger partial charge in [-0.15, -0.1) is 68.0 Å². The minimum absolute atomic E-state index is 0.198. The highest BCUT2D eigenvalue weighted by molar-refractivity contribution is 7.30. The lowest BCUT2D eigenvalue weighted by Crippen LogP contribution is -1.74. The van der Waals surface area contributed by atoms with Gasteiger partial charge >= 0.3 is 0 Å². The Kier molecular flexibility index (Phi) is 5.93. The minimum atomic E-state index is -0.434. The number of fused-ring (bicyclic) bond motifs is 6. The zero-order valence-corrected chi connectivity index (χ0v) is 27.9. The summed E-state index contributed by atoms with van der Waals surface area (Å²) in [6, 6.07) is 26.6. The Labute approximate surface area is 281 Å². The van der Waals surface area contributed by atoms with Gasteiger partial charge in [0.05, 0.1) is 9.75 Å². The van der Waals surface area contributed by atoms with Crippen molar-refractivity contribution < 1.29 is 17.6 Å². The summed E-state index contributed by atoms with van der Waals surface area (Å²) in [7, 11) is 0. The minimum Gasteiger partial charge on any atom is -0.205 e. The van der Waals surface area contributed by atoms with E-state index in [9.17, 15) is 8.78 Å². The van der Waals surface area contributed by atoms with E-state index in [1.54, 1.807) is 34.8 Å². The van der Waals surface area contributed by atoms with Gasteiger partial charge in [0, 0.05) is 38.3 Å². The first-order chi connectivity index (χ1) is 22.3. The van der Waals surface area contributed by atoms with Crippen molar-refractivity contribution in [1.82, 2.24) is 0 Å². The lowest BCUT2D eigenvalue weighted by atomic mass is 10.1. The fourth-order valence-corrected chi connectivity index (χ4v) is 12.3. The topological polar surface area (TPSA) is 0 Å². The Balaban J connectivity index is 1.01. The third-order valence-electron chi connectivity index (χ3n) is 8.23. The van der Waals surface area contributed by atoms with Crippen LogP contribution >= 0.6 is 68.0 Å². The number of benzene rings is 4. The molecule has 0 amide bonds. The summed E-state index contributed by atoms with van der Waals surface area (Å²) in [5.41, 5.74) is 0. The molecule has 0 bridgehead atoms. The van der Waals surface area contributed by atoms with E-state index < -0.39 is 11.6 Å². The highest BCUT2D eigenvalue weighted by Crippen LogP contribution is 2.48. The van der Waals surface area contributed by atoms with Crippen LogP contribution in [0.1, 0.15) is 0 Å². The molecule has 4 aromatic carbocycles. The van der Waals surface area contributed by atoms with Gasteiger partial charge in [-0.2, -0.15) is 8.78 Å². The van der Waals surface area contributed by atoms with Gasteiger partial charge in [-0.05, 0) is 128 Å². The molecule has 0 aliphatic heterocycles. The fraction of sp³-hybridized carbons (Fsp3) is 0. The molecule has 0 spiro atoms. The van der Waals surface area contributed by atoms with E-state index in [1.165, 1.54) is 34.8 Å². The summed E-state index contributed by atoms with van der Waals surface area (Å²) >= 11 is 7.95. The van der Waals surface area contributed by atoms with Crippen LogP contribution in [0.2, 0.25) is 0 Å². The molecule has 0 N–H and O–H groups in total. The monoisotopic (exact) mass is 714 g/mol. The molecule has 0 aliphatic carbocycles. The molecule has 10 rings (SSSR count). The van der Waals surface area contributed by atoms with Crippen molar-refractivity contribution in [3.05, 3.63) is 107 Å². The number of hydrogen-bond donors (Lipinski definition) is 0. The predicted octanol–water partition coefficient (Wildman–Crippen LogP) is 14.5. The van der Waals surface area contributed by atoms with Crippen molar-refractivity contribution in [3.63, 3.8) is 0 Å². The van der Waals surface area contributed by atoms with E-state index >= 15 is 8.78 Å². The van der Waals surface area contributed by atoms with E-state index in [-0.39, 0.29) is 10.3 Å². The molecule has 0 saturated carbocycles. The number of halogens is 4. The molecule has 0 aliphatic rings. The first-order valence-corrected chi connectivity index (χ1v) is 18.9. The Bertz CT molecular complexity index is 2540. The van der Waals surface area contributed by atoms with E-state index in [2.05, 4.69) is 24.3 Å². The maximum Gasteiger partial charge on any atom is 0.177 e. The molecule has 0 radical (unpaired) electrons. The molecule has 0 unspecified atom stereocenters. The van der Waals surface area contributed by atoms with Crippen LogP contribution < -0.4 is 0 Å². The van der Waals surface area contributed by atoms with Gasteiger partial charge in [-0.3, -0.25) is 0 Å². The normalized spacial score (nSPS) is 12.3. The second-order valence-corrected chi connectivity index (χ2v) is 17.5. The van der Waals surface area contributed by atoms with Gasteiger partial charge in [0.25, 0.3) is 0 Å². The second-order valence-electron chi connectivity index (χ2n) is 11.2. The van der Waals surface area contributed by atoms with Gasteiger partial charge < -0.3 is 0 Å². The molecule has 0 saturated heterocycles. The summed E-state index contributed by atoms with van der Waals surface area (Å²) in [5, 5.41) is 7.56. The van der Waals surface area contributed by atoms with Crippen LogP contribution in [0.15, 0.2) is 84.9 Å². The average Bonchev–Trinajstić information content (AvgIpc) is 3.85. The molecule has 0 fully saturated rings. The van der Waals surface area contributed by atoms with Crippen molar-refractivity contribution in [2.45, 2.75) is 0 Å². The van der Waals surface area contributed by atoms with Crippen LogP contribution in [0.4, 0.5) is 17.6 Å². The van der Waals surface area contributed by atoms with E-state index in [0.717, 1.165) is 104 Å². The highest BCUT2D eigenvalue weighted by Gasteiger charge is 2.21. The average molecular weight is 715 g/mol. The van der Waals surface area contributed by atoms with Crippen LogP contribution in [0.3, 0.4) is 0 Å². The molecular weight excluding hydrogens is 701 g/mol. The quantitative estimate of drug-likeness (QED) is 0.160. The first kappa shape index (κ1) is 27.5. The molecule has 46 heavy (non-hydrogen) atoms. The van der Waals surface area contributed by atoms with E-state index in [0.29, 0.717) is 9.75 Å². The summed E-state index contributed by atoms with van der Waals surface area (Å²) in [5.74, 6) is -0.868. The molecule has 6 heterocycles. The standard InChI is InChI=1S/C36H14F4S6/c37-23-13-31(29-9-19-1-15-7-27-21(11-33(39)43-27)3-17(15)5-25(19)41-29)45-35(23)36-24(38)14-32(46-36)30-10-20-2-16-8-28-22(12-34(40)44-28)4-18(16)6-26(20)42-30/h1-14H. The SMILES string of the molecule is Fc1cc2cc3cc4sc(-c5cc(F)c(-c6sc(-c7cc8cc9cc%10sc(F)cc%10cc9cc8s7)cc6F)s5)cc4cc3cc2s1. The Morgan fingerprint density at radius 1 is 0.283 bits per heavy atom. The fourth-order valence-electron chi connectivity index (χ4n) is 6.12. The molecular formula is C36H14F4S6. The van der Waals surface area contributed by atoms with Gasteiger partial charge in [-0.1, -0.05) is 0 Å². The van der Waals surface area contributed by atoms with Gasteiger partial charge in [-0.25, -0.2) is 8.78 Å². The van der Waals surface area contributed by atoms with Crippen LogP contribution in [0.25, 0.3) is 91.2 Å². The van der Waals surface area contributed by atoms with Gasteiger partial charge in [0.15, 0.2) is 10.3 Å². The molecule has 10 aromatic rings. The number of rotatable bonds is 3. The van der Waals surface area contributed by atoms with Crippen molar-refractivity contribution in [1.29, 1.82) is 0 Å². The summed E-state index contributed by atoms with van der Waals surface area (Å²) in [6.07, 6.45) is 0. The third kappa shape index (κ3) is 4.32.